The van der Waals surface area contributed by atoms with Crippen molar-refractivity contribution in [1.82, 2.24) is 4.90 Å². The molecule has 0 aromatic heterocycles. The summed E-state index contributed by atoms with van der Waals surface area (Å²) in [6, 6.07) is -0.295. The lowest BCUT2D eigenvalue weighted by Crippen LogP contribution is -2.81. The Hall–Kier alpha value is -0.770. The van der Waals surface area contributed by atoms with Gasteiger partial charge in [0.1, 0.15) is 17.3 Å². The number of methoxy groups -OCH3 is 3. The molecule has 34 heavy (non-hydrogen) atoms. The van der Waals surface area contributed by atoms with Gasteiger partial charge in [-0.2, -0.15) is 0 Å². The lowest BCUT2D eigenvalue weighted by atomic mass is 9.43. The van der Waals surface area contributed by atoms with E-state index >= 15 is 0 Å². The van der Waals surface area contributed by atoms with Crippen LogP contribution in [0.3, 0.4) is 0 Å². The molecule has 1 spiro atoms. The van der Waals surface area contributed by atoms with Crippen molar-refractivity contribution in [3.63, 3.8) is 0 Å². The number of fused-ring (bicyclic) bond motifs is 2. The standard InChI is InChI=1S/C26H41NO7/c1-7-27-12-23(3)9-8-17(32-5)25-15-10-14-16(31-4)11-24(29,18(15)19(14)34-13(2)28)26(30,22(25)27)21(33-6)20(23)25/h14-22,29-30H,7-12H2,1-6H3/t14-,15-,16+,17+,18-,19+,20-,21+,22+,23+,24-,25+,26-/m1/s1. The summed E-state index contributed by atoms with van der Waals surface area (Å²) in [5.41, 5.74) is -3.52. The molecule has 8 heteroatoms. The summed E-state index contributed by atoms with van der Waals surface area (Å²) in [5.74, 6) is -0.676. The number of nitrogens with zero attached hydrogens (tertiary/aromatic N) is 1. The van der Waals surface area contributed by atoms with Crippen molar-refractivity contribution in [3.05, 3.63) is 0 Å². The van der Waals surface area contributed by atoms with E-state index in [1.54, 1.807) is 21.3 Å². The second kappa shape index (κ2) is 7.17. The van der Waals surface area contributed by atoms with Crippen molar-refractivity contribution in [2.45, 2.75) is 88.1 Å². The number of esters is 1. The normalized spacial score (nSPS) is 59.2. The van der Waals surface area contributed by atoms with Gasteiger partial charge in [0.25, 0.3) is 0 Å². The van der Waals surface area contributed by atoms with Gasteiger partial charge >= 0.3 is 5.97 Å². The first-order chi connectivity index (χ1) is 16.1. The molecule has 1 saturated heterocycles. The number of carbonyl (C=O) groups is 1. The maximum atomic E-state index is 13.0. The highest BCUT2D eigenvalue weighted by Gasteiger charge is 2.91. The lowest BCUT2D eigenvalue weighted by Gasteiger charge is -2.69. The van der Waals surface area contributed by atoms with Gasteiger partial charge in [0.15, 0.2) is 0 Å². The van der Waals surface area contributed by atoms with Crippen molar-refractivity contribution in [3.8, 4) is 0 Å². The largest absolute Gasteiger partial charge is 0.462 e. The van der Waals surface area contributed by atoms with Gasteiger partial charge in [-0.05, 0) is 37.1 Å². The highest BCUT2D eigenvalue weighted by molar-refractivity contribution is 5.66. The van der Waals surface area contributed by atoms with Crippen molar-refractivity contribution >= 4 is 5.97 Å². The third kappa shape index (κ3) is 2.27. The van der Waals surface area contributed by atoms with Gasteiger partial charge in [0, 0.05) is 64.4 Å². The molecule has 7 bridgehead atoms. The Bertz CT molecular complexity index is 885. The molecule has 0 unspecified atom stereocenters. The number of rotatable bonds is 5. The molecule has 0 aromatic carbocycles. The van der Waals surface area contributed by atoms with Gasteiger partial charge in [-0.1, -0.05) is 13.8 Å². The number of hydrogen-bond donors (Lipinski definition) is 2. The molecule has 6 fully saturated rings. The Morgan fingerprint density at radius 1 is 1.15 bits per heavy atom. The Morgan fingerprint density at radius 2 is 1.88 bits per heavy atom. The smallest absolute Gasteiger partial charge is 0.302 e. The number of ether oxygens (including phenoxy) is 4. The van der Waals surface area contributed by atoms with E-state index in [1.807, 2.05) is 0 Å². The SMILES string of the molecule is CCN1C[C@]2(C)CC[C@H](OC)[C@@]34[C@@H]5C[C@H]6[C@H](OC(C)=O)[C@@H]5[C@](O)(C[C@@H]6OC)[C@@](O)([C@@H](OC)[C@H]23)[C@@H]14. The third-order valence-corrected chi connectivity index (χ3v) is 11.5. The summed E-state index contributed by atoms with van der Waals surface area (Å²) in [6.07, 6.45) is 1.60. The fourth-order valence-electron chi connectivity index (χ4n) is 11.0. The monoisotopic (exact) mass is 479 g/mol. The summed E-state index contributed by atoms with van der Waals surface area (Å²) < 4.78 is 24.4. The first-order valence-corrected chi connectivity index (χ1v) is 13.0. The zero-order valence-corrected chi connectivity index (χ0v) is 21.3. The molecule has 13 atom stereocenters. The quantitative estimate of drug-likeness (QED) is 0.568. The van der Waals surface area contributed by atoms with E-state index in [1.165, 1.54) is 6.92 Å². The van der Waals surface area contributed by atoms with Gasteiger partial charge in [0.2, 0.25) is 0 Å². The number of likely N-dealkylation sites (N-methyl/N-ethyl adjacent to an activating group) is 1. The summed E-state index contributed by atoms with van der Waals surface area (Å²) in [6.45, 7) is 7.57. The first kappa shape index (κ1) is 23.6. The molecule has 0 amide bonds. The van der Waals surface area contributed by atoms with Crippen LogP contribution in [0.5, 0.6) is 0 Å². The summed E-state index contributed by atoms with van der Waals surface area (Å²) in [5, 5.41) is 25.8. The number of likely N-dealkylation sites (tertiary alicyclic amines) is 1. The van der Waals surface area contributed by atoms with E-state index in [9.17, 15) is 15.0 Å². The average Bonchev–Trinajstić information content (AvgIpc) is 3.18. The molecular weight excluding hydrogens is 438 g/mol. The zero-order valence-electron chi connectivity index (χ0n) is 21.3. The molecule has 1 heterocycles. The minimum Gasteiger partial charge on any atom is -0.462 e. The molecular formula is C26H41NO7. The number of aliphatic hydroxyl groups is 2. The Balaban J connectivity index is 1.66. The van der Waals surface area contributed by atoms with Gasteiger partial charge in [-0.25, -0.2) is 0 Å². The molecule has 6 rings (SSSR count). The lowest BCUT2D eigenvalue weighted by molar-refractivity contribution is -0.317. The van der Waals surface area contributed by atoms with E-state index in [-0.39, 0.29) is 53.3 Å². The van der Waals surface area contributed by atoms with Gasteiger partial charge in [-0.3, -0.25) is 9.69 Å². The van der Waals surface area contributed by atoms with Crippen molar-refractivity contribution in [2.75, 3.05) is 34.4 Å². The van der Waals surface area contributed by atoms with Crippen molar-refractivity contribution in [2.24, 2.45) is 34.5 Å². The van der Waals surface area contributed by atoms with Gasteiger partial charge in [0.05, 0.1) is 24.4 Å². The average molecular weight is 480 g/mol. The summed E-state index contributed by atoms with van der Waals surface area (Å²) in [7, 11) is 5.12. The minimum atomic E-state index is -1.53. The predicted molar refractivity (Wildman–Crippen MR) is 122 cm³/mol. The fraction of sp³-hybridized carbons (Fsp3) is 0.962. The molecule has 6 aliphatic rings. The molecule has 0 radical (unpaired) electrons. The predicted octanol–water partition coefficient (Wildman–Crippen LogP) is 1.22. The molecule has 1 aliphatic heterocycles. The maximum absolute atomic E-state index is 13.0. The Kier molecular flexibility index (Phi) is 4.98. The number of carbonyl (C=O) groups excluding carboxylic acids is 1. The van der Waals surface area contributed by atoms with Crippen molar-refractivity contribution < 1.29 is 34.0 Å². The first-order valence-electron chi connectivity index (χ1n) is 13.0. The van der Waals surface area contributed by atoms with Crippen LogP contribution < -0.4 is 0 Å². The van der Waals surface area contributed by atoms with E-state index in [2.05, 4.69) is 18.7 Å². The third-order valence-electron chi connectivity index (χ3n) is 11.5. The molecule has 5 aliphatic carbocycles. The molecule has 192 valence electrons. The van der Waals surface area contributed by atoms with Crippen LogP contribution in [0, 0.1) is 34.5 Å². The van der Waals surface area contributed by atoms with Crippen LogP contribution in [0.25, 0.3) is 0 Å². The zero-order chi connectivity index (χ0) is 24.4. The van der Waals surface area contributed by atoms with Crippen LogP contribution in [0.2, 0.25) is 0 Å². The molecule has 8 nitrogen and oxygen atoms in total. The van der Waals surface area contributed by atoms with E-state index in [0.29, 0.717) is 6.42 Å². The van der Waals surface area contributed by atoms with Crippen molar-refractivity contribution in [1.29, 1.82) is 0 Å². The highest BCUT2D eigenvalue weighted by atomic mass is 16.6. The summed E-state index contributed by atoms with van der Waals surface area (Å²) >= 11 is 0. The van der Waals surface area contributed by atoms with Crippen LogP contribution >= 0.6 is 0 Å². The second-order valence-electron chi connectivity index (χ2n) is 12.4. The molecule has 0 aromatic rings. The maximum Gasteiger partial charge on any atom is 0.302 e. The van der Waals surface area contributed by atoms with Crippen LogP contribution in [0.4, 0.5) is 0 Å². The minimum absolute atomic E-state index is 0.0102. The Morgan fingerprint density at radius 3 is 2.47 bits per heavy atom. The highest BCUT2D eigenvalue weighted by Crippen LogP contribution is 2.80. The van der Waals surface area contributed by atoms with Crippen LogP contribution in [0.15, 0.2) is 0 Å². The van der Waals surface area contributed by atoms with Crippen LogP contribution in [0.1, 0.15) is 46.5 Å². The molecule has 5 saturated carbocycles. The summed E-state index contributed by atoms with van der Waals surface area (Å²) in [4.78, 5) is 14.6. The van der Waals surface area contributed by atoms with Crippen LogP contribution in [-0.4, -0.2) is 97.2 Å². The molecule has 2 N–H and O–H groups in total. The fourth-order valence-corrected chi connectivity index (χ4v) is 11.0. The number of hydrogen-bond acceptors (Lipinski definition) is 8. The van der Waals surface area contributed by atoms with Crippen LogP contribution in [-0.2, 0) is 23.7 Å². The Labute approximate surface area is 202 Å². The van der Waals surface area contributed by atoms with E-state index in [4.69, 9.17) is 18.9 Å². The topological polar surface area (TPSA) is 97.7 Å². The van der Waals surface area contributed by atoms with E-state index < -0.39 is 28.8 Å². The van der Waals surface area contributed by atoms with E-state index in [0.717, 1.165) is 32.4 Å². The second-order valence-corrected chi connectivity index (χ2v) is 12.4. The number of piperidine rings is 1. The van der Waals surface area contributed by atoms with Gasteiger partial charge < -0.3 is 29.2 Å². The van der Waals surface area contributed by atoms with Gasteiger partial charge in [-0.15, -0.1) is 0 Å².